The van der Waals surface area contributed by atoms with E-state index in [0.29, 0.717) is 6.17 Å². The third-order valence-electron chi connectivity index (χ3n) is 2.67. The fourth-order valence-electron chi connectivity index (χ4n) is 1.75. The first-order chi connectivity index (χ1) is 6.88. The molecule has 1 fully saturated rings. The molecule has 3 nitrogen and oxygen atoms in total. The van der Waals surface area contributed by atoms with Crippen LogP contribution in [-0.2, 0) is 4.74 Å². The van der Waals surface area contributed by atoms with Crippen LogP contribution < -0.4 is 5.32 Å². The lowest BCUT2D eigenvalue weighted by atomic mass is 10.2. The molecule has 1 rings (SSSR count). The summed E-state index contributed by atoms with van der Waals surface area (Å²) in [6, 6.07) is 0. The Morgan fingerprint density at radius 3 is 2.71 bits per heavy atom. The summed E-state index contributed by atoms with van der Waals surface area (Å²) in [5.41, 5.74) is 0. The monoisotopic (exact) mass is 199 g/mol. The number of ether oxygens (including phenoxy) is 1. The molecule has 1 saturated heterocycles. The van der Waals surface area contributed by atoms with Gasteiger partial charge in [-0.3, -0.25) is 4.90 Å². The molecule has 3 heteroatoms. The third kappa shape index (κ3) is 3.95. The minimum absolute atomic E-state index is 0.449. The Labute approximate surface area is 87.8 Å². The van der Waals surface area contributed by atoms with Crippen LogP contribution in [0.1, 0.15) is 26.2 Å². The lowest BCUT2D eigenvalue weighted by Crippen LogP contribution is -2.50. The molecule has 14 heavy (non-hydrogen) atoms. The van der Waals surface area contributed by atoms with Crippen LogP contribution >= 0.6 is 0 Å². The molecular weight excluding hydrogens is 176 g/mol. The number of unbranched alkanes of at least 4 members (excludes halogenated alkanes) is 1. The largest absolute Gasteiger partial charge is 0.379 e. The molecule has 83 valence electrons. The number of rotatable bonds is 6. The summed E-state index contributed by atoms with van der Waals surface area (Å²) >= 11 is 0. The van der Waals surface area contributed by atoms with E-state index in [1.165, 1.54) is 12.8 Å². The lowest BCUT2D eigenvalue weighted by molar-refractivity contribution is 0.00937. The van der Waals surface area contributed by atoms with Crippen LogP contribution in [0.15, 0.2) is 0 Å². The summed E-state index contributed by atoms with van der Waals surface area (Å²) < 4.78 is 5.33. The molecule has 0 aromatic carbocycles. The predicted octanol–water partition coefficient (Wildman–Crippen LogP) is 1.26. The topological polar surface area (TPSA) is 24.5 Å². The zero-order chi connectivity index (χ0) is 10.2. The van der Waals surface area contributed by atoms with Gasteiger partial charge in [0.25, 0.3) is 0 Å². The first-order valence-corrected chi connectivity index (χ1v) is 5.73. The van der Waals surface area contributed by atoms with Gasteiger partial charge in [0.1, 0.15) is 0 Å². The lowest BCUT2D eigenvalue weighted by Gasteiger charge is -2.34. The van der Waals surface area contributed by atoms with Crippen molar-refractivity contribution in [1.82, 2.24) is 10.2 Å². The highest BCUT2D eigenvalue weighted by Gasteiger charge is 2.18. The fourth-order valence-corrected chi connectivity index (χ4v) is 1.75. The zero-order valence-corrected chi connectivity index (χ0v) is 9.30. The standard InChI is InChI=1S/C11H23N2O/c1-3-5-6-12-11(4-2)13-7-9-14-10-8-13/h11-12H,2-10H2,1H3. The predicted molar refractivity (Wildman–Crippen MR) is 59.1 cm³/mol. The summed E-state index contributed by atoms with van der Waals surface area (Å²) in [6.45, 7) is 11.1. The van der Waals surface area contributed by atoms with Crippen LogP contribution in [0, 0.1) is 6.92 Å². The number of hydrogen-bond acceptors (Lipinski definition) is 3. The Kier molecular flexibility index (Phi) is 6.15. The first kappa shape index (κ1) is 12.0. The van der Waals surface area contributed by atoms with Gasteiger partial charge in [0, 0.05) is 13.1 Å². The zero-order valence-electron chi connectivity index (χ0n) is 9.30. The van der Waals surface area contributed by atoms with E-state index in [1.807, 2.05) is 0 Å². The Morgan fingerprint density at radius 2 is 2.14 bits per heavy atom. The molecule has 1 aliphatic rings. The molecule has 1 unspecified atom stereocenters. The summed E-state index contributed by atoms with van der Waals surface area (Å²) in [5.74, 6) is 0. The van der Waals surface area contributed by atoms with Gasteiger partial charge in [-0.05, 0) is 19.4 Å². The summed E-state index contributed by atoms with van der Waals surface area (Å²) in [5, 5.41) is 3.55. The van der Waals surface area contributed by atoms with Crippen LogP contribution in [0.25, 0.3) is 0 Å². The van der Waals surface area contributed by atoms with E-state index < -0.39 is 0 Å². The van der Waals surface area contributed by atoms with E-state index in [0.717, 1.165) is 39.3 Å². The van der Waals surface area contributed by atoms with E-state index in [9.17, 15) is 0 Å². The number of morpholine rings is 1. The van der Waals surface area contributed by atoms with Crippen molar-refractivity contribution < 1.29 is 4.74 Å². The Morgan fingerprint density at radius 1 is 1.43 bits per heavy atom. The van der Waals surface area contributed by atoms with Crippen molar-refractivity contribution in [3.63, 3.8) is 0 Å². The second-order valence-corrected chi connectivity index (χ2v) is 3.76. The van der Waals surface area contributed by atoms with Crippen molar-refractivity contribution in [2.45, 2.75) is 32.4 Å². The van der Waals surface area contributed by atoms with Crippen LogP contribution in [0.3, 0.4) is 0 Å². The van der Waals surface area contributed by atoms with Gasteiger partial charge < -0.3 is 10.1 Å². The maximum Gasteiger partial charge on any atom is 0.0598 e. The average molecular weight is 199 g/mol. The molecule has 0 bridgehead atoms. The maximum atomic E-state index is 5.33. The van der Waals surface area contributed by atoms with Crippen molar-refractivity contribution in [2.75, 3.05) is 32.8 Å². The second-order valence-electron chi connectivity index (χ2n) is 3.76. The Hall–Kier alpha value is -0.120. The van der Waals surface area contributed by atoms with Gasteiger partial charge in [-0.15, -0.1) is 0 Å². The molecule has 1 N–H and O–H groups in total. The molecule has 0 spiro atoms. The molecule has 1 heterocycles. The SMILES string of the molecule is [CH2]CC(NCCCC)N1CCOCC1. The van der Waals surface area contributed by atoms with Crippen molar-refractivity contribution in [1.29, 1.82) is 0 Å². The Balaban J connectivity index is 2.21. The molecular formula is C11H23N2O. The van der Waals surface area contributed by atoms with E-state index in [-0.39, 0.29) is 0 Å². The van der Waals surface area contributed by atoms with Crippen molar-refractivity contribution in [3.8, 4) is 0 Å². The van der Waals surface area contributed by atoms with Crippen molar-refractivity contribution in [3.05, 3.63) is 6.92 Å². The van der Waals surface area contributed by atoms with Gasteiger partial charge in [0.2, 0.25) is 0 Å². The van der Waals surface area contributed by atoms with Crippen LogP contribution in [-0.4, -0.2) is 43.9 Å². The van der Waals surface area contributed by atoms with Gasteiger partial charge >= 0.3 is 0 Å². The van der Waals surface area contributed by atoms with E-state index >= 15 is 0 Å². The molecule has 1 atom stereocenters. The van der Waals surface area contributed by atoms with Gasteiger partial charge in [-0.1, -0.05) is 20.3 Å². The number of nitrogens with one attached hydrogen (secondary N) is 1. The molecule has 1 aliphatic heterocycles. The first-order valence-electron chi connectivity index (χ1n) is 5.73. The maximum absolute atomic E-state index is 5.33. The van der Waals surface area contributed by atoms with Crippen LogP contribution in [0.4, 0.5) is 0 Å². The second kappa shape index (κ2) is 7.21. The van der Waals surface area contributed by atoms with Crippen molar-refractivity contribution >= 4 is 0 Å². The number of hydrogen-bond donors (Lipinski definition) is 1. The highest BCUT2D eigenvalue weighted by molar-refractivity contribution is 4.72. The van der Waals surface area contributed by atoms with E-state index in [1.54, 1.807) is 0 Å². The van der Waals surface area contributed by atoms with Gasteiger partial charge in [0.05, 0.1) is 19.4 Å². The van der Waals surface area contributed by atoms with Gasteiger partial charge in [0.15, 0.2) is 0 Å². The summed E-state index contributed by atoms with van der Waals surface area (Å²) in [6.07, 6.45) is 3.88. The van der Waals surface area contributed by atoms with Crippen LogP contribution in [0.5, 0.6) is 0 Å². The smallest absolute Gasteiger partial charge is 0.0598 e. The van der Waals surface area contributed by atoms with Gasteiger partial charge in [-0.25, -0.2) is 0 Å². The highest BCUT2D eigenvalue weighted by atomic mass is 16.5. The molecule has 0 aromatic heterocycles. The van der Waals surface area contributed by atoms with Crippen molar-refractivity contribution in [2.24, 2.45) is 0 Å². The Bertz CT molecular complexity index is 135. The molecule has 0 aliphatic carbocycles. The van der Waals surface area contributed by atoms with Crippen LogP contribution in [0.2, 0.25) is 0 Å². The third-order valence-corrected chi connectivity index (χ3v) is 2.67. The molecule has 0 saturated carbocycles. The fraction of sp³-hybridized carbons (Fsp3) is 0.909. The molecule has 0 amide bonds. The number of nitrogens with zero attached hydrogens (tertiary/aromatic N) is 1. The summed E-state index contributed by atoms with van der Waals surface area (Å²) in [7, 11) is 0. The molecule has 1 radical (unpaired) electrons. The minimum atomic E-state index is 0.449. The summed E-state index contributed by atoms with van der Waals surface area (Å²) in [4.78, 5) is 2.44. The van der Waals surface area contributed by atoms with E-state index in [2.05, 4.69) is 24.1 Å². The minimum Gasteiger partial charge on any atom is -0.379 e. The van der Waals surface area contributed by atoms with E-state index in [4.69, 9.17) is 4.74 Å². The quantitative estimate of drug-likeness (QED) is 0.652. The highest BCUT2D eigenvalue weighted by Crippen LogP contribution is 2.04. The molecule has 0 aromatic rings. The average Bonchev–Trinajstić information content (AvgIpc) is 2.26. The van der Waals surface area contributed by atoms with Gasteiger partial charge in [-0.2, -0.15) is 0 Å². The normalized spacial score (nSPS) is 21.0.